The Bertz CT molecular complexity index is 268. The molecule has 0 spiro atoms. The summed E-state index contributed by atoms with van der Waals surface area (Å²) in [6.45, 7) is 5.30. The SMILES string of the molecule is COCCn1nc(C)c(N)c1C. The van der Waals surface area contributed by atoms with Crippen LogP contribution in [0.5, 0.6) is 0 Å². The quantitative estimate of drug-likeness (QED) is 0.725. The van der Waals surface area contributed by atoms with E-state index in [0.717, 1.165) is 23.6 Å². The second-order valence-electron chi connectivity index (χ2n) is 2.80. The van der Waals surface area contributed by atoms with Gasteiger partial charge in [-0.05, 0) is 13.8 Å². The van der Waals surface area contributed by atoms with Crippen LogP contribution < -0.4 is 5.73 Å². The predicted octanol–water partition coefficient (Wildman–Crippen LogP) is 0.729. The lowest BCUT2D eigenvalue weighted by Crippen LogP contribution is -2.07. The van der Waals surface area contributed by atoms with Crippen molar-refractivity contribution in [2.24, 2.45) is 0 Å². The Morgan fingerprint density at radius 3 is 2.58 bits per heavy atom. The molecular weight excluding hydrogens is 154 g/mol. The molecule has 0 atom stereocenters. The topological polar surface area (TPSA) is 53.1 Å². The van der Waals surface area contributed by atoms with Crippen LogP contribution in [0.15, 0.2) is 0 Å². The third kappa shape index (κ3) is 1.58. The van der Waals surface area contributed by atoms with Crippen LogP contribution >= 0.6 is 0 Å². The molecule has 0 aliphatic heterocycles. The summed E-state index contributed by atoms with van der Waals surface area (Å²) in [5, 5.41) is 4.26. The van der Waals surface area contributed by atoms with Crippen LogP contribution in [0, 0.1) is 13.8 Å². The molecule has 0 aliphatic carbocycles. The highest BCUT2D eigenvalue weighted by Crippen LogP contribution is 2.13. The standard InChI is InChI=1S/C8H15N3O/c1-6-8(9)7(2)11(10-6)4-5-12-3/h4-5,9H2,1-3H3. The van der Waals surface area contributed by atoms with Gasteiger partial charge in [-0.1, -0.05) is 0 Å². The van der Waals surface area contributed by atoms with Crippen molar-refractivity contribution >= 4 is 5.69 Å². The molecule has 4 heteroatoms. The third-order valence-corrected chi connectivity index (χ3v) is 1.94. The number of aryl methyl sites for hydroxylation is 1. The van der Waals surface area contributed by atoms with E-state index in [0.29, 0.717) is 6.61 Å². The fourth-order valence-corrected chi connectivity index (χ4v) is 1.11. The van der Waals surface area contributed by atoms with E-state index in [-0.39, 0.29) is 0 Å². The molecule has 1 aromatic rings. The van der Waals surface area contributed by atoms with Crippen LogP contribution in [0.3, 0.4) is 0 Å². The van der Waals surface area contributed by atoms with Gasteiger partial charge in [0.15, 0.2) is 0 Å². The largest absolute Gasteiger partial charge is 0.396 e. The molecule has 12 heavy (non-hydrogen) atoms. The van der Waals surface area contributed by atoms with Crippen LogP contribution in [-0.4, -0.2) is 23.5 Å². The van der Waals surface area contributed by atoms with Gasteiger partial charge in [0.25, 0.3) is 0 Å². The minimum atomic E-state index is 0.668. The van der Waals surface area contributed by atoms with Gasteiger partial charge in [0.1, 0.15) is 0 Å². The smallest absolute Gasteiger partial charge is 0.0825 e. The maximum Gasteiger partial charge on any atom is 0.0825 e. The lowest BCUT2D eigenvalue weighted by molar-refractivity contribution is 0.182. The molecule has 4 nitrogen and oxygen atoms in total. The normalized spacial score (nSPS) is 10.6. The van der Waals surface area contributed by atoms with E-state index in [2.05, 4.69) is 5.10 Å². The number of nitrogen functional groups attached to an aromatic ring is 1. The molecular formula is C8H15N3O. The summed E-state index contributed by atoms with van der Waals surface area (Å²) < 4.78 is 6.82. The van der Waals surface area contributed by atoms with E-state index in [9.17, 15) is 0 Å². The first-order chi connectivity index (χ1) is 5.66. The molecule has 0 unspecified atom stereocenters. The van der Waals surface area contributed by atoms with E-state index in [1.807, 2.05) is 18.5 Å². The molecule has 0 saturated carbocycles. The van der Waals surface area contributed by atoms with Crippen molar-refractivity contribution < 1.29 is 4.74 Å². The first kappa shape index (κ1) is 9.06. The number of aromatic nitrogens is 2. The summed E-state index contributed by atoms with van der Waals surface area (Å²) >= 11 is 0. The first-order valence-corrected chi connectivity index (χ1v) is 3.95. The Kier molecular flexibility index (Phi) is 2.70. The zero-order valence-corrected chi connectivity index (χ0v) is 7.79. The average molecular weight is 169 g/mol. The van der Waals surface area contributed by atoms with Crippen LogP contribution in [-0.2, 0) is 11.3 Å². The maximum atomic E-state index is 5.75. The molecule has 1 rings (SSSR count). The molecule has 0 aliphatic rings. The van der Waals surface area contributed by atoms with Crippen molar-refractivity contribution in [3.8, 4) is 0 Å². The molecule has 0 radical (unpaired) electrons. The van der Waals surface area contributed by atoms with Gasteiger partial charge in [-0.2, -0.15) is 5.10 Å². The van der Waals surface area contributed by atoms with Crippen molar-refractivity contribution in [2.75, 3.05) is 19.5 Å². The highest BCUT2D eigenvalue weighted by atomic mass is 16.5. The summed E-state index contributed by atoms with van der Waals surface area (Å²) in [4.78, 5) is 0. The molecule has 1 heterocycles. The highest BCUT2D eigenvalue weighted by molar-refractivity contribution is 5.46. The first-order valence-electron chi connectivity index (χ1n) is 3.95. The molecule has 0 saturated heterocycles. The Balaban J connectivity index is 2.79. The fraction of sp³-hybridized carbons (Fsp3) is 0.625. The van der Waals surface area contributed by atoms with E-state index < -0.39 is 0 Å². The minimum absolute atomic E-state index is 0.668. The van der Waals surface area contributed by atoms with Crippen molar-refractivity contribution in [1.82, 2.24) is 9.78 Å². The molecule has 68 valence electrons. The Morgan fingerprint density at radius 2 is 2.17 bits per heavy atom. The van der Waals surface area contributed by atoms with Gasteiger partial charge >= 0.3 is 0 Å². The summed E-state index contributed by atoms with van der Waals surface area (Å²) in [7, 11) is 1.68. The van der Waals surface area contributed by atoms with E-state index in [4.69, 9.17) is 10.5 Å². The van der Waals surface area contributed by atoms with Gasteiger partial charge in [-0.3, -0.25) is 4.68 Å². The zero-order chi connectivity index (χ0) is 9.14. The van der Waals surface area contributed by atoms with Crippen molar-refractivity contribution in [3.05, 3.63) is 11.4 Å². The summed E-state index contributed by atoms with van der Waals surface area (Å²) in [6.07, 6.45) is 0. The van der Waals surface area contributed by atoms with Gasteiger partial charge in [-0.25, -0.2) is 0 Å². The van der Waals surface area contributed by atoms with Crippen LogP contribution in [0.1, 0.15) is 11.4 Å². The molecule has 1 aromatic heterocycles. The minimum Gasteiger partial charge on any atom is -0.396 e. The number of anilines is 1. The summed E-state index contributed by atoms with van der Waals surface area (Å²) in [5.74, 6) is 0. The average Bonchev–Trinajstić information content (AvgIpc) is 2.30. The lowest BCUT2D eigenvalue weighted by atomic mass is 10.3. The number of hydrogen-bond donors (Lipinski definition) is 1. The molecule has 2 N–H and O–H groups in total. The number of methoxy groups -OCH3 is 1. The second kappa shape index (κ2) is 3.58. The number of ether oxygens (including phenoxy) is 1. The van der Waals surface area contributed by atoms with Gasteiger partial charge < -0.3 is 10.5 Å². The molecule has 0 bridgehead atoms. The third-order valence-electron chi connectivity index (χ3n) is 1.94. The maximum absolute atomic E-state index is 5.75. The van der Waals surface area contributed by atoms with E-state index in [1.165, 1.54) is 0 Å². The number of nitrogens with two attached hydrogens (primary N) is 1. The fourth-order valence-electron chi connectivity index (χ4n) is 1.11. The van der Waals surface area contributed by atoms with Gasteiger partial charge in [0.2, 0.25) is 0 Å². The van der Waals surface area contributed by atoms with Gasteiger partial charge in [0, 0.05) is 7.11 Å². The van der Waals surface area contributed by atoms with Crippen molar-refractivity contribution in [3.63, 3.8) is 0 Å². The van der Waals surface area contributed by atoms with Gasteiger partial charge in [0.05, 0.1) is 30.2 Å². The van der Waals surface area contributed by atoms with Crippen LogP contribution in [0.2, 0.25) is 0 Å². The number of rotatable bonds is 3. The molecule has 0 amide bonds. The Labute approximate surface area is 72.3 Å². The predicted molar refractivity (Wildman–Crippen MR) is 48.0 cm³/mol. The highest BCUT2D eigenvalue weighted by Gasteiger charge is 2.06. The summed E-state index contributed by atoms with van der Waals surface area (Å²) in [5.41, 5.74) is 8.44. The van der Waals surface area contributed by atoms with Gasteiger partial charge in [-0.15, -0.1) is 0 Å². The molecule has 0 aromatic carbocycles. The number of nitrogens with zero attached hydrogens (tertiary/aromatic N) is 2. The van der Waals surface area contributed by atoms with Crippen molar-refractivity contribution in [2.45, 2.75) is 20.4 Å². The van der Waals surface area contributed by atoms with Crippen molar-refractivity contribution in [1.29, 1.82) is 0 Å². The number of hydrogen-bond acceptors (Lipinski definition) is 3. The monoisotopic (exact) mass is 169 g/mol. The molecule has 0 fully saturated rings. The Hall–Kier alpha value is -1.03. The van der Waals surface area contributed by atoms with Crippen LogP contribution in [0.25, 0.3) is 0 Å². The zero-order valence-electron chi connectivity index (χ0n) is 7.79. The van der Waals surface area contributed by atoms with E-state index in [1.54, 1.807) is 7.11 Å². The summed E-state index contributed by atoms with van der Waals surface area (Å²) in [6, 6.07) is 0. The van der Waals surface area contributed by atoms with E-state index >= 15 is 0 Å². The second-order valence-corrected chi connectivity index (χ2v) is 2.80. The lowest BCUT2D eigenvalue weighted by Gasteiger charge is -2.02. The van der Waals surface area contributed by atoms with Crippen LogP contribution in [0.4, 0.5) is 5.69 Å². The Morgan fingerprint density at radius 1 is 1.50 bits per heavy atom.